The summed E-state index contributed by atoms with van der Waals surface area (Å²) < 4.78 is 2.52. The molecule has 33 heavy (non-hydrogen) atoms. The quantitative estimate of drug-likeness (QED) is 0.266. The van der Waals surface area contributed by atoms with E-state index in [1.165, 1.54) is 127 Å². The zero-order chi connectivity index (χ0) is 21.4. The summed E-state index contributed by atoms with van der Waals surface area (Å²) in [6, 6.07) is 7.04. The number of aromatic nitrogens is 3. The first-order chi connectivity index (χ1) is 16.2. The maximum atomic E-state index is 5.10. The van der Waals surface area contributed by atoms with Gasteiger partial charge in [0.15, 0.2) is 0 Å². The number of nitrogens with zero attached hydrogens (tertiary/aromatic N) is 3. The Labute approximate surface area is 193 Å². The molecule has 1 aromatic carbocycles. The van der Waals surface area contributed by atoms with Crippen LogP contribution in [0.3, 0.4) is 0 Å². The van der Waals surface area contributed by atoms with Crippen LogP contribution in [0.5, 0.6) is 0 Å². The SMILES string of the molecule is c1cc2c3c4c(ncc3n3c5cnc6c(c5c(c1)c23)CC1(CCCC1)C6)CC1(CCCC1)C4. The monoisotopic (exact) mass is 431 g/mol. The van der Waals surface area contributed by atoms with Crippen LogP contribution in [0.1, 0.15) is 73.9 Å². The third kappa shape index (κ3) is 2.05. The lowest BCUT2D eigenvalue weighted by Crippen LogP contribution is -2.15. The first kappa shape index (κ1) is 17.8. The molecule has 4 aromatic heterocycles. The molecule has 0 saturated heterocycles. The van der Waals surface area contributed by atoms with Crippen molar-refractivity contribution in [3.8, 4) is 0 Å². The Bertz CT molecular complexity index is 1510. The molecule has 0 unspecified atom stereocenters. The van der Waals surface area contributed by atoms with Gasteiger partial charge in [0, 0.05) is 32.9 Å². The van der Waals surface area contributed by atoms with Crippen molar-refractivity contribution in [3.63, 3.8) is 0 Å². The highest BCUT2D eigenvalue weighted by Gasteiger charge is 2.43. The molecule has 0 radical (unpaired) electrons. The molecule has 164 valence electrons. The fourth-order valence-corrected chi connectivity index (χ4v) is 8.89. The van der Waals surface area contributed by atoms with Crippen molar-refractivity contribution in [2.75, 3.05) is 0 Å². The van der Waals surface area contributed by atoms with Gasteiger partial charge < -0.3 is 4.40 Å². The molecule has 0 bridgehead atoms. The molecule has 3 heteroatoms. The van der Waals surface area contributed by atoms with E-state index in [0.717, 1.165) is 0 Å². The molecule has 9 rings (SSSR count). The van der Waals surface area contributed by atoms with Gasteiger partial charge in [-0.2, -0.15) is 0 Å². The fraction of sp³-hybridized carbons (Fsp3) is 0.467. The average molecular weight is 432 g/mol. The second-order valence-corrected chi connectivity index (χ2v) is 12.0. The minimum atomic E-state index is 0.496. The molecule has 2 saturated carbocycles. The van der Waals surface area contributed by atoms with E-state index < -0.39 is 0 Å². The van der Waals surface area contributed by atoms with Gasteiger partial charge in [-0.05, 0) is 73.3 Å². The van der Waals surface area contributed by atoms with Gasteiger partial charge in [-0.15, -0.1) is 0 Å². The van der Waals surface area contributed by atoms with E-state index in [1.54, 1.807) is 11.1 Å². The summed E-state index contributed by atoms with van der Waals surface area (Å²) in [6.07, 6.45) is 20.3. The molecule has 0 amide bonds. The Morgan fingerprint density at radius 2 is 1.12 bits per heavy atom. The van der Waals surface area contributed by atoms with Crippen molar-refractivity contribution in [2.24, 2.45) is 10.8 Å². The van der Waals surface area contributed by atoms with Gasteiger partial charge in [-0.25, -0.2) is 0 Å². The number of para-hydroxylation sites is 1. The third-order valence-electron chi connectivity index (χ3n) is 10.3. The molecule has 4 aliphatic rings. The number of fused-ring (bicyclic) bond motifs is 10. The molecule has 4 heterocycles. The van der Waals surface area contributed by atoms with E-state index in [4.69, 9.17) is 9.97 Å². The zero-order valence-corrected chi connectivity index (χ0v) is 19.2. The van der Waals surface area contributed by atoms with E-state index >= 15 is 0 Å². The van der Waals surface area contributed by atoms with Gasteiger partial charge >= 0.3 is 0 Å². The normalized spacial score (nSPS) is 22.8. The Morgan fingerprint density at radius 3 is 1.61 bits per heavy atom. The van der Waals surface area contributed by atoms with Crippen LogP contribution in [0, 0.1) is 10.8 Å². The predicted molar refractivity (Wildman–Crippen MR) is 133 cm³/mol. The summed E-state index contributed by atoms with van der Waals surface area (Å²) in [7, 11) is 0. The molecular weight excluding hydrogens is 402 g/mol. The van der Waals surface area contributed by atoms with E-state index in [9.17, 15) is 0 Å². The van der Waals surface area contributed by atoms with E-state index in [0.29, 0.717) is 10.8 Å². The van der Waals surface area contributed by atoms with Crippen LogP contribution in [0.2, 0.25) is 0 Å². The summed E-state index contributed by atoms with van der Waals surface area (Å²) in [5.74, 6) is 0. The van der Waals surface area contributed by atoms with Crippen molar-refractivity contribution in [1.29, 1.82) is 0 Å². The number of rotatable bonds is 0. The maximum absolute atomic E-state index is 5.10. The van der Waals surface area contributed by atoms with Crippen LogP contribution in [0.4, 0.5) is 0 Å². The highest BCUT2D eigenvalue weighted by atomic mass is 14.9. The van der Waals surface area contributed by atoms with Gasteiger partial charge in [0.1, 0.15) is 0 Å². The predicted octanol–water partition coefficient (Wildman–Crippen LogP) is 6.94. The first-order valence-corrected chi connectivity index (χ1v) is 13.2. The summed E-state index contributed by atoms with van der Waals surface area (Å²) in [5, 5.41) is 5.85. The van der Waals surface area contributed by atoms with E-state index in [-0.39, 0.29) is 0 Å². The van der Waals surface area contributed by atoms with Crippen LogP contribution in [0.25, 0.3) is 38.1 Å². The standard InChI is InChI=1S/C30H29N3/c1-2-9-29(8-1)12-20-22(14-29)31-16-24-26(20)18-6-5-7-19-27-21-13-30(10-3-4-11-30)15-23(21)32-17-25(27)33(24)28(18)19/h5-7,16-17H,1-4,8-15H2. The van der Waals surface area contributed by atoms with Crippen LogP contribution in [-0.2, 0) is 25.7 Å². The van der Waals surface area contributed by atoms with Gasteiger partial charge in [-0.1, -0.05) is 43.9 Å². The average Bonchev–Trinajstić information content (AvgIpc) is 3.65. The Hall–Kier alpha value is -2.68. The van der Waals surface area contributed by atoms with Gasteiger partial charge in [0.2, 0.25) is 0 Å². The van der Waals surface area contributed by atoms with Crippen molar-refractivity contribution in [1.82, 2.24) is 14.4 Å². The van der Waals surface area contributed by atoms with Crippen molar-refractivity contribution in [3.05, 3.63) is 53.1 Å². The van der Waals surface area contributed by atoms with Crippen LogP contribution in [-0.4, -0.2) is 14.4 Å². The topological polar surface area (TPSA) is 30.2 Å². The Balaban J connectivity index is 1.36. The van der Waals surface area contributed by atoms with Crippen molar-refractivity contribution >= 4 is 38.1 Å². The van der Waals surface area contributed by atoms with Gasteiger partial charge in [0.25, 0.3) is 0 Å². The number of hydrogen-bond acceptors (Lipinski definition) is 2. The lowest BCUT2D eigenvalue weighted by atomic mass is 9.83. The highest BCUT2D eigenvalue weighted by molar-refractivity contribution is 6.24. The highest BCUT2D eigenvalue weighted by Crippen LogP contribution is 2.53. The van der Waals surface area contributed by atoms with Gasteiger partial charge in [-0.3, -0.25) is 9.97 Å². The molecule has 4 aliphatic carbocycles. The molecule has 3 nitrogen and oxygen atoms in total. The second kappa shape index (κ2) is 5.68. The van der Waals surface area contributed by atoms with Crippen LogP contribution < -0.4 is 0 Å². The van der Waals surface area contributed by atoms with Crippen molar-refractivity contribution < 1.29 is 0 Å². The maximum Gasteiger partial charge on any atom is 0.0728 e. The second-order valence-electron chi connectivity index (χ2n) is 12.0. The molecule has 5 aromatic rings. The minimum Gasteiger partial charge on any atom is -0.305 e. The number of pyridine rings is 2. The first-order valence-electron chi connectivity index (χ1n) is 13.2. The summed E-state index contributed by atoms with van der Waals surface area (Å²) in [5.41, 5.74) is 10.9. The van der Waals surface area contributed by atoms with Crippen LogP contribution >= 0.6 is 0 Å². The minimum absolute atomic E-state index is 0.496. The molecule has 2 fully saturated rings. The lowest BCUT2D eigenvalue weighted by molar-refractivity contribution is 0.316. The summed E-state index contributed by atoms with van der Waals surface area (Å²) in [4.78, 5) is 10.2. The van der Waals surface area contributed by atoms with Crippen molar-refractivity contribution in [2.45, 2.75) is 77.0 Å². The largest absolute Gasteiger partial charge is 0.305 e. The molecule has 0 N–H and O–H groups in total. The lowest BCUT2D eigenvalue weighted by Gasteiger charge is -2.21. The zero-order valence-electron chi connectivity index (χ0n) is 19.2. The Kier molecular flexibility index (Phi) is 3.06. The number of hydrogen-bond donors (Lipinski definition) is 0. The molecule has 2 spiro atoms. The third-order valence-corrected chi connectivity index (χ3v) is 10.3. The number of benzene rings is 1. The molecule has 0 atom stereocenters. The fourth-order valence-electron chi connectivity index (χ4n) is 8.89. The summed E-state index contributed by atoms with van der Waals surface area (Å²) >= 11 is 0. The van der Waals surface area contributed by atoms with Gasteiger partial charge in [0.05, 0.1) is 28.9 Å². The van der Waals surface area contributed by atoms with E-state index in [2.05, 4.69) is 35.0 Å². The molecule has 0 aliphatic heterocycles. The van der Waals surface area contributed by atoms with Crippen LogP contribution in [0.15, 0.2) is 30.6 Å². The summed E-state index contributed by atoms with van der Waals surface area (Å²) in [6.45, 7) is 0. The smallest absolute Gasteiger partial charge is 0.0728 e. The Morgan fingerprint density at radius 1 is 0.636 bits per heavy atom. The van der Waals surface area contributed by atoms with E-state index in [1.807, 2.05) is 0 Å². The molecular formula is C30H29N3.